The summed E-state index contributed by atoms with van der Waals surface area (Å²) in [5.74, 6) is 0.00278. The maximum absolute atomic E-state index is 10.6. The maximum atomic E-state index is 10.6. The zero-order chi connectivity index (χ0) is 18.6. The van der Waals surface area contributed by atoms with Crippen molar-refractivity contribution >= 4 is 23.9 Å². The number of hydrogen-bond donors (Lipinski definition) is 4. The molecule has 0 amide bonds. The summed E-state index contributed by atoms with van der Waals surface area (Å²) in [6.45, 7) is 12.2. The van der Waals surface area contributed by atoms with Gasteiger partial charge in [0.05, 0.1) is 21.5 Å². The van der Waals surface area contributed by atoms with Crippen LogP contribution in [0.25, 0.3) is 23.9 Å². The topological polar surface area (TPSA) is 72.0 Å². The number of benzene rings is 2. The highest BCUT2D eigenvalue weighted by Crippen LogP contribution is 2.33. The average molecular weight is 344 g/mol. The standard InChI is InChI=1S/C22H20N2O2/c1-11-5-7-15(13(3)9-11)19-17-18(22(26)23-19)20(24-21(17)25)16-8-6-12(2)10-14(16)4/h5-10,23-26H,3-4H2,1-2H3/b19-15+,20-16+. The van der Waals surface area contributed by atoms with E-state index in [0.717, 1.165) is 32.0 Å². The number of aryl methyl sites for hydroxylation is 2. The van der Waals surface area contributed by atoms with Gasteiger partial charge in [0.15, 0.2) is 11.8 Å². The van der Waals surface area contributed by atoms with Crippen LogP contribution in [-0.4, -0.2) is 20.2 Å². The summed E-state index contributed by atoms with van der Waals surface area (Å²) in [4.78, 5) is 6.01. The second-order valence-corrected chi connectivity index (χ2v) is 6.77. The lowest BCUT2D eigenvalue weighted by molar-refractivity contribution is 0.459. The van der Waals surface area contributed by atoms with Crippen molar-refractivity contribution in [1.29, 1.82) is 0 Å². The van der Waals surface area contributed by atoms with E-state index in [0.29, 0.717) is 21.5 Å². The molecule has 130 valence electrons. The molecule has 0 aliphatic carbocycles. The third-order valence-corrected chi connectivity index (χ3v) is 4.77. The van der Waals surface area contributed by atoms with E-state index in [9.17, 15) is 10.2 Å². The summed E-state index contributed by atoms with van der Waals surface area (Å²) < 4.78 is 0. The summed E-state index contributed by atoms with van der Waals surface area (Å²) in [5.41, 5.74) is 2.21. The van der Waals surface area contributed by atoms with E-state index in [1.165, 1.54) is 0 Å². The Morgan fingerprint density at radius 3 is 1.42 bits per heavy atom. The molecule has 0 spiro atoms. The molecule has 0 aliphatic rings. The van der Waals surface area contributed by atoms with E-state index < -0.39 is 0 Å². The van der Waals surface area contributed by atoms with Gasteiger partial charge in [-0.2, -0.15) is 0 Å². The number of fused-ring (bicyclic) bond motifs is 1. The lowest BCUT2D eigenvalue weighted by Gasteiger charge is -1.93. The second kappa shape index (κ2) is 5.56. The van der Waals surface area contributed by atoms with Crippen LogP contribution in [0.4, 0.5) is 0 Å². The zero-order valence-corrected chi connectivity index (χ0v) is 14.8. The Morgan fingerprint density at radius 1 is 0.692 bits per heavy atom. The summed E-state index contributed by atoms with van der Waals surface area (Å²) in [6, 6.07) is 11.8. The van der Waals surface area contributed by atoms with Gasteiger partial charge in [-0.3, -0.25) is 0 Å². The van der Waals surface area contributed by atoms with Crippen LogP contribution in [0.15, 0.2) is 36.4 Å². The maximum Gasteiger partial charge on any atom is 0.199 e. The quantitative estimate of drug-likeness (QED) is 0.396. The molecule has 0 saturated carbocycles. The Morgan fingerprint density at radius 2 is 1.08 bits per heavy atom. The van der Waals surface area contributed by atoms with Crippen LogP contribution in [0, 0.1) is 35.0 Å². The SMILES string of the molecule is C=c1cc(C)cc/c1=c1\[nH]c(O)c2/c(=c3/ccc(C)cc3=C)[nH]c(O)c12. The fraction of sp³-hybridized carbons (Fsp3) is 0.0909. The van der Waals surface area contributed by atoms with Crippen molar-refractivity contribution in [3.63, 3.8) is 0 Å². The van der Waals surface area contributed by atoms with Crippen LogP contribution in [0.1, 0.15) is 11.1 Å². The van der Waals surface area contributed by atoms with Crippen molar-refractivity contribution in [3.05, 3.63) is 79.1 Å². The molecule has 4 heteroatoms. The minimum atomic E-state index is 0.00139. The lowest BCUT2D eigenvalue weighted by atomic mass is 10.1. The number of aromatic amines is 2. The molecular formula is C22H20N2O2. The van der Waals surface area contributed by atoms with Crippen molar-refractivity contribution in [2.45, 2.75) is 13.8 Å². The van der Waals surface area contributed by atoms with Crippen molar-refractivity contribution in [3.8, 4) is 11.8 Å². The molecule has 2 aromatic carbocycles. The molecule has 0 aliphatic heterocycles. The molecule has 0 atom stereocenters. The summed E-state index contributed by atoms with van der Waals surface area (Å²) in [6.07, 6.45) is 0. The molecular weight excluding hydrogens is 324 g/mol. The second-order valence-electron chi connectivity index (χ2n) is 6.77. The highest BCUT2D eigenvalue weighted by atomic mass is 16.3. The van der Waals surface area contributed by atoms with Crippen molar-refractivity contribution in [2.24, 2.45) is 0 Å². The lowest BCUT2D eigenvalue weighted by Crippen LogP contribution is -2.01. The predicted molar refractivity (Wildman–Crippen MR) is 104 cm³/mol. The van der Waals surface area contributed by atoms with E-state index in [1.54, 1.807) is 0 Å². The van der Waals surface area contributed by atoms with Gasteiger partial charge >= 0.3 is 0 Å². The molecule has 2 aromatic heterocycles. The average Bonchev–Trinajstić information content (AvgIpc) is 3.07. The van der Waals surface area contributed by atoms with Crippen molar-refractivity contribution < 1.29 is 10.2 Å². The fourth-order valence-corrected chi connectivity index (χ4v) is 3.55. The molecule has 4 N–H and O–H groups in total. The van der Waals surface area contributed by atoms with Gasteiger partial charge in [-0.25, -0.2) is 0 Å². The molecule has 0 radical (unpaired) electrons. The van der Waals surface area contributed by atoms with Gasteiger partial charge in [0.1, 0.15) is 0 Å². The van der Waals surface area contributed by atoms with Crippen LogP contribution in [0.5, 0.6) is 11.8 Å². The van der Waals surface area contributed by atoms with E-state index in [-0.39, 0.29) is 11.8 Å². The summed E-state index contributed by atoms with van der Waals surface area (Å²) >= 11 is 0. The van der Waals surface area contributed by atoms with Crippen LogP contribution >= 0.6 is 0 Å². The molecule has 4 aromatic rings. The third-order valence-electron chi connectivity index (χ3n) is 4.77. The van der Waals surface area contributed by atoms with Gasteiger partial charge in [0.25, 0.3) is 0 Å². The smallest absolute Gasteiger partial charge is 0.199 e. The zero-order valence-electron chi connectivity index (χ0n) is 14.8. The number of H-pyrrole nitrogens is 2. The van der Waals surface area contributed by atoms with Gasteiger partial charge < -0.3 is 20.2 Å². The van der Waals surface area contributed by atoms with Gasteiger partial charge in [0, 0.05) is 10.4 Å². The van der Waals surface area contributed by atoms with Gasteiger partial charge in [-0.15, -0.1) is 0 Å². The fourth-order valence-electron chi connectivity index (χ4n) is 3.55. The Labute approximate surface area is 149 Å². The number of hydrogen-bond acceptors (Lipinski definition) is 2. The Kier molecular flexibility index (Phi) is 3.44. The first-order valence-electron chi connectivity index (χ1n) is 8.38. The number of aromatic nitrogens is 2. The monoisotopic (exact) mass is 344 g/mol. The first-order chi connectivity index (χ1) is 12.4. The molecule has 0 unspecified atom stereocenters. The number of nitrogens with one attached hydrogen (secondary N) is 2. The first kappa shape index (κ1) is 16.1. The highest BCUT2D eigenvalue weighted by Gasteiger charge is 2.15. The van der Waals surface area contributed by atoms with Crippen LogP contribution < -0.4 is 10.4 Å². The molecule has 0 saturated heterocycles. The van der Waals surface area contributed by atoms with E-state index in [1.807, 2.05) is 50.2 Å². The minimum Gasteiger partial charge on any atom is -0.494 e. The largest absolute Gasteiger partial charge is 0.494 e. The van der Waals surface area contributed by atoms with Crippen molar-refractivity contribution in [2.75, 3.05) is 0 Å². The molecule has 4 nitrogen and oxygen atoms in total. The Hall–Kier alpha value is -3.40. The molecule has 0 fully saturated rings. The van der Waals surface area contributed by atoms with Crippen LogP contribution in [-0.2, 0) is 0 Å². The minimum absolute atomic E-state index is 0.00139. The van der Waals surface area contributed by atoms with Gasteiger partial charge in [0.2, 0.25) is 0 Å². The van der Waals surface area contributed by atoms with Crippen LogP contribution in [0.3, 0.4) is 0 Å². The highest BCUT2D eigenvalue weighted by molar-refractivity contribution is 5.93. The summed E-state index contributed by atoms with van der Waals surface area (Å²) in [7, 11) is 0. The number of aromatic hydroxyl groups is 2. The summed E-state index contributed by atoms with van der Waals surface area (Å²) in [5, 5.41) is 26.8. The number of rotatable bonds is 0. The Balaban J connectivity index is 2.35. The van der Waals surface area contributed by atoms with E-state index >= 15 is 0 Å². The molecule has 4 rings (SSSR count). The van der Waals surface area contributed by atoms with Crippen LogP contribution in [0.2, 0.25) is 0 Å². The molecule has 0 bridgehead atoms. The third kappa shape index (κ3) is 2.30. The van der Waals surface area contributed by atoms with Crippen molar-refractivity contribution in [1.82, 2.24) is 9.97 Å². The first-order valence-corrected chi connectivity index (χ1v) is 8.38. The Bertz CT molecular complexity index is 1350. The van der Waals surface area contributed by atoms with E-state index in [2.05, 4.69) is 23.1 Å². The van der Waals surface area contributed by atoms with Gasteiger partial charge in [-0.1, -0.05) is 60.7 Å². The molecule has 26 heavy (non-hydrogen) atoms. The van der Waals surface area contributed by atoms with E-state index in [4.69, 9.17) is 0 Å². The predicted octanol–water partition coefficient (Wildman–Crippen LogP) is 2.92. The normalized spacial score (nSPS) is 14.1. The van der Waals surface area contributed by atoms with Gasteiger partial charge in [-0.05, 0) is 24.3 Å². The molecule has 2 heterocycles.